The molecule has 2 aromatic heterocycles. The lowest BCUT2D eigenvalue weighted by atomic mass is 10.2. The van der Waals surface area contributed by atoms with Crippen molar-refractivity contribution in [3.05, 3.63) is 46.8 Å². The second-order valence-corrected chi connectivity index (χ2v) is 7.16. The molecule has 1 unspecified atom stereocenters. The van der Waals surface area contributed by atoms with Gasteiger partial charge in [-0.25, -0.2) is 4.98 Å². The van der Waals surface area contributed by atoms with E-state index in [1.54, 1.807) is 7.05 Å². The SMILES string of the molecule is CNc1nc(C)c(C(=O)N2CCCC2c2nc(-c3ccccc3)no2)s1. The summed E-state index contributed by atoms with van der Waals surface area (Å²) >= 11 is 1.37. The molecule has 0 bridgehead atoms. The first-order chi connectivity index (χ1) is 12.7. The molecule has 1 fully saturated rings. The van der Waals surface area contributed by atoms with Crippen LogP contribution in [0.5, 0.6) is 0 Å². The van der Waals surface area contributed by atoms with Crippen molar-refractivity contribution in [2.24, 2.45) is 0 Å². The Morgan fingerprint density at radius 3 is 2.85 bits per heavy atom. The first kappa shape index (κ1) is 16.7. The predicted molar refractivity (Wildman–Crippen MR) is 99.1 cm³/mol. The summed E-state index contributed by atoms with van der Waals surface area (Å²) in [5.74, 6) is 1.01. The van der Waals surface area contributed by atoms with Gasteiger partial charge in [0.2, 0.25) is 11.7 Å². The van der Waals surface area contributed by atoms with Crippen LogP contribution in [0.1, 0.15) is 40.1 Å². The second-order valence-electron chi connectivity index (χ2n) is 6.16. The zero-order chi connectivity index (χ0) is 18.1. The van der Waals surface area contributed by atoms with Crippen molar-refractivity contribution in [2.45, 2.75) is 25.8 Å². The molecule has 1 aliphatic rings. The van der Waals surface area contributed by atoms with Gasteiger partial charge in [-0.1, -0.05) is 46.8 Å². The van der Waals surface area contributed by atoms with Gasteiger partial charge in [0.15, 0.2) is 5.13 Å². The maximum absolute atomic E-state index is 13.0. The van der Waals surface area contributed by atoms with E-state index in [1.165, 1.54) is 11.3 Å². The number of aromatic nitrogens is 3. The molecule has 1 N–H and O–H groups in total. The van der Waals surface area contributed by atoms with E-state index in [4.69, 9.17) is 4.52 Å². The molecular formula is C18H19N5O2S. The van der Waals surface area contributed by atoms with Gasteiger partial charge in [-0.3, -0.25) is 4.79 Å². The van der Waals surface area contributed by atoms with Gasteiger partial charge in [-0.2, -0.15) is 4.98 Å². The van der Waals surface area contributed by atoms with Crippen molar-refractivity contribution >= 4 is 22.4 Å². The minimum absolute atomic E-state index is 0.0246. The van der Waals surface area contributed by atoms with Gasteiger partial charge >= 0.3 is 0 Å². The van der Waals surface area contributed by atoms with Gasteiger partial charge in [0.25, 0.3) is 5.91 Å². The monoisotopic (exact) mass is 369 g/mol. The highest BCUT2D eigenvalue weighted by molar-refractivity contribution is 7.17. The molecule has 26 heavy (non-hydrogen) atoms. The van der Waals surface area contributed by atoms with Crippen molar-refractivity contribution in [1.82, 2.24) is 20.0 Å². The number of hydrogen-bond donors (Lipinski definition) is 1. The van der Waals surface area contributed by atoms with E-state index < -0.39 is 0 Å². The highest BCUT2D eigenvalue weighted by Crippen LogP contribution is 2.35. The third-order valence-corrected chi connectivity index (χ3v) is 5.64. The lowest BCUT2D eigenvalue weighted by Gasteiger charge is -2.21. The number of carbonyl (C=O) groups is 1. The fraction of sp³-hybridized carbons (Fsp3) is 0.333. The molecule has 0 aliphatic carbocycles. The van der Waals surface area contributed by atoms with Crippen LogP contribution in [-0.4, -0.2) is 39.5 Å². The van der Waals surface area contributed by atoms with E-state index in [1.807, 2.05) is 42.2 Å². The largest absolute Gasteiger partial charge is 0.365 e. The minimum atomic E-state index is -0.188. The molecule has 0 saturated carbocycles. The van der Waals surface area contributed by atoms with E-state index in [0.717, 1.165) is 29.2 Å². The molecule has 1 amide bonds. The Morgan fingerprint density at radius 2 is 2.12 bits per heavy atom. The average Bonchev–Trinajstić information content (AvgIpc) is 3.40. The van der Waals surface area contributed by atoms with Gasteiger partial charge in [0.05, 0.1) is 5.69 Å². The summed E-state index contributed by atoms with van der Waals surface area (Å²) in [6.07, 6.45) is 1.73. The number of thiazole rings is 1. The lowest BCUT2D eigenvalue weighted by molar-refractivity contribution is 0.0714. The highest BCUT2D eigenvalue weighted by atomic mass is 32.1. The number of carbonyl (C=O) groups excluding carboxylic acids is 1. The Hall–Kier alpha value is -2.74. The molecule has 1 aliphatic heterocycles. The van der Waals surface area contributed by atoms with Crippen molar-refractivity contribution < 1.29 is 9.32 Å². The van der Waals surface area contributed by atoms with Crippen molar-refractivity contribution in [1.29, 1.82) is 0 Å². The first-order valence-corrected chi connectivity index (χ1v) is 9.34. The van der Waals surface area contributed by atoms with Crippen molar-refractivity contribution in [3.63, 3.8) is 0 Å². The maximum Gasteiger partial charge on any atom is 0.266 e. The lowest BCUT2D eigenvalue weighted by Crippen LogP contribution is -2.30. The smallest absolute Gasteiger partial charge is 0.266 e. The minimum Gasteiger partial charge on any atom is -0.365 e. The number of likely N-dealkylation sites (tertiary alicyclic amines) is 1. The molecule has 8 heteroatoms. The van der Waals surface area contributed by atoms with Crippen LogP contribution in [0.3, 0.4) is 0 Å². The highest BCUT2D eigenvalue weighted by Gasteiger charge is 2.36. The molecular weight excluding hydrogens is 350 g/mol. The van der Waals surface area contributed by atoms with Crippen LogP contribution < -0.4 is 5.32 Å². The van der Waals surface area contributed by atoms with Crippen molar-refractivity contribution in [3.8, 4) is 11.4 Å². The number of amides is 1. The quantitative estimate of drug-likeness (QED) is 0.757. The van der Waals surface area contributed by atoms with E-state index in [2.05, 4.69) is 20.4 Å². The standard InChI is InChI=1S/C18H19N5O2S/c1-11-14(26-18(19-2)20-11)17(24)23-10-6-9-13(23)16-21-15(22-25-16)12-7-4-3-5-8-12/h3-5,7-8,13H,6,9-10H2,1-2H3,(H,19,20). The Labute approximate surface area is 155 Å². The van der Waals surface area contributed by atoms with Crippen LogP contribution in [0.4, 0.5) is 5.13 Å². The van der Waals surface area contributed by atoms with Gasteiger partial charge < -0.3 is 14.7 Å². The summed E-state index contributed by atoms with van der Waals surface area (Å²) in [5.41, 5.74) is 1.64. The maximum atomic E-state index is 13.0. The van der Waals surface area contributed by atoms with E-state index >= 15 is 0 Å². The van der Waals surface area contributed by atoms with Crippen LogP contribution in [0.2, 0.25) is 0 Å². The molecule has 1 aromatic carbocycles. The molecule has 0 radical (unpaired) electrons. The number of benzene rings is 1. The Morgan fingerprint density at radius 1 is 1.31 bits per heavy atom. The van der Waals surface area contributed by atoms with Gasteiger partial charge in [0, 0.05) is 19.2 Å². The van der Waals surface area contributed by atoms with Crippen LogP contribution in [0.15, 0.2) is 34.9 Å². The number of hydrogen-bond acceptors (Lipinski definition) is 7. The Balaban J connectivity index is 1.60. The van der Waals surface area contributed by atoms with Gasteiger partial charge in [-0.15, -0.1) is 0 Å². The van der Waals surface area contributed by atoms with E-state index in [-0.39, 0.29) is 11.9 Å². The summed E-state index contributed by atoms with van der Waals surface area (Å²) in [7, 11) is 1.80. The normalized spacial score (nSPS) is 16.8. The van der Waals surface area contributed by atoms with Gasteiger partial charge in [0.1, 0.15) is 10.9 Å². The fourth-order valence-electron chi connectivity index (χ4n) is 3.17. The zero-order valence-electron chi connectivity index (χ0n) is 14.6. The Kier molecular flexibility index (Phi) is 4.42. The topological polar surface area (TPSA) is 84.2 Å². The number of anilines is 1. The summed E-state index contributed by atoms with van der Waals surface area (Å²) in [6.45, 7) is 2.54. The number of aryl methyl sites for hydroxylation is 1. The average molecular weight is 369 g/mol. The van der Waals surface area contributed by atoms with Crippen LogP contribution >= 0.6 is 11.3 Å². The van der Waals surface area contributed by atoms with Crippen LogP contribution in [-0.2, 0) is 0 Å². The van der Waals surface area contributed by atoms with Crippen LogP contribution in [0.25, 0.3) is 11.4 Å². The summed E-state index contributed by atoms with van der Waals surface area (Å²) in [6, 6.07) is 9.49. The van der Waals surface area contributed by atoms with E-state index in [0.29, 0.717) is 23.1 Å². The third kappa shape index (κ3) is 2.96. The Bertz CT molecular complexity index is 921. The molecule has 3 heterocycles. The summed E-state index contributed by atoms with van der Waals surface area (Å²) in [4.78, 5) is 24.4. The van der Waals surface area contributed by atoms with E-state index in [9.17, 15) is 4.79 Å². The zero-order valence-corrected chi connectivity index (χ0v) is 15.4. The summed E-state index contributed by atoms with van der Waals surface area (Å²) in [5, 5.41) is 7.82. The van der Waals surface area contributed by atoms with Gasteiger partial charge in [-0.05, 0) is 19.8 Å². The predicted octanol–water partition coefficient (Wildman–Crippen LogP) is 3.52. The number of nitrogens with zero attached hydrogens (tertiary/aromatic N) is 4. The second kappa shape index (κ2) is 6.87. The third-order valence-electron chi connectivity index (χ3n) is 4.48. The molecule has 1 atom stereocenters. The first-order valence-electron chi connectivity index (χ1n) is 8.52. The number of rotatable bonds is 4. The molecule has 1 saturated heterocycles. The molecule has 4 rings (SSSR count). The van der Waals surface area contributed by atoms with Crippen LogP contribution in [0, 0.1) is 6.92 Å². The number of nitrogens with one attached hydrogen (secondary N) is 1. The molecule has 3 aromatic rings. The summed E-state index contributed by atoms with van der Waals surface area (Å²) < 4.78 is 5.50. The molecule has 7 nitrogen and oxygen atoms in total. The fourth-order valence-corrected chi connectivity index (χ4v) is 4.05. The molecule has 134 valence electrons. The molecule has 0 spiro atoms. The van der Waals surface area contributed by atoms with Crippen molar-refractivity contribution in [2.75, 3.05) is 18.9 Å².